The fourth-order valence-electron chi connectivity index (χ4n) is 3.60. The molecule has 5 rings (SSSR count). The minimum absolute atomic E-state index is 0.0371. The van der Waals surface area contributed by atoms with Gasteiger partial charge in [-0.3, -0.25) is 4.79 Å². The number of esters is 1. The minimum atomic E-state index is -0.811. The maximum Gasteiger partial charge on any atom is 0.354 e. The second-order valence-corrected chi connectivity index (χ2v) is 7.67. The van der Waals surface area contributed by atoms with E-state index in [0.717, 1.165) is 10.8 Å². The molecule has 0 saturated carbocycles. The molecular weight excluding hydrogens is 442 g/mol. The van der Waals surface area contributed by atoms with E-state index in [-0.39, 0.29) is 33.5 Å². The molecule has 5 aromatic rings. The Morgan fingerprint density at radius 2 is 1.60 bits per heavy atom. The highest BCUT2D eigenvalue weighted by atomic mass is 16.5. The van der Waals surface area contributed by atoms with Gasteiger partial charge in [0.1, 0.15) is 35.0 Å². The summed E-state index contributed by atoms with van der Waals surface area (Å²) in [6, 6.07) is 28.6. The topological polar surface area (TPSA) is 89.5 Å². The van der Waals surface area contributed by atoms with E-state index in [1.807, 2.05) is 48.5 Å². The van der Waals surface area contributed by atoms with E-state index in [0.29, 0.717) is 11.3 Å². The highest BCUT2D eigenvalue weighted by molar-refractivity contribution is 5.99. The van der Waals surface area contributed by atoms with Crippen LogP contribution in [0.1, 0.15) is 5.56 Å². The number of carbonyl (C=O) groups is 1. The van der Waals surface area contributed by atoms with Crippen molar-refractivity contribution in [2.75, 3.05) is 0 Å². The highest BCUT2D eigenvalue weighted by Crippen LogP contribution is 2.27. The predicted molar refractivity (Wildman–Crippen MR) is 132 cm³/mol. The van der Waals surface area contributed by atoms with E-state index < -0.39 is 5.97 Å². The Morgan fingerprint density at radius 1 is 0.857 bits per heavy atom. The van der Waals surface area contributed by atoms with Crippen LogP contribution in [-0.4, -0.2) is 5.97 Å². The third kappa shape index (κ3) is 4.65. The van der Waals surface area contributed by atoms with E-state index in [4.69, 9.17) is 13.9 Å². The zero-order valence-electron chi connectivity index (χ0n) is 18.3. The number of rotatable bonds is 5. The van der Waals surface area contributed by atoms with Gasteiger partial charge >= 0.3 is 5.97 Å². The molecule has 168 valence electrons. The first-order valence-electron chi connectivity index (χ1n) is 10.7. The molecule has 35 heavy (non-hydrogen) atoms. The molecule has 1 heterocycles. The van der Waals surface area contributed by atoms with Crippen LogP contribution < -0.4 is 14.9 Å². The van der Waals surface area contributed by atoms with Gasteiger partial charge in [-0.2, -0.15) is 5.26 Å². The van der Waals surface area contributed by atoms with Gasteiger partial charge in [0.15, 0.2) is 0 Å². The average Bonchev–Trinajstić information content (AvgIpc) is 2.89. The van der Waals surface area contributed by atoms with Gasteiger partial charge in [-0.1, -0.05) is 60.7 Å². The van der Waals surface area contributed by atoms with Crippen LogP contribution in [0.15, 0.2) is 112 Å². The summed E-state index contributed by atoms with van der Waals surface area (Å²) in [5.74, 6) is -0.123. The van der Waals surface area contributed by atoms with E-state index in [1.165, 1.54) is 30.5 Å². The van der Waals surface area contributed by atoms with Gasteiger partial charge in [0.2, 0.25) is 11.2 Å². The van der Waals surface area contributed by atoms with E-state index in [2.05, 4.69) is 0 Å². The molecule has 1 aromatic heterocycles. The minimum Gasteiger partial charge on any atom is -0.460 e. The zero-order chi connectivity index (χ0) is 24.2. The normalized spacial score (nSPS) is 11.2. The van der Waals surface area contributed by atoms with E-state index in [9.17, 15) is 14.9 Å². The lowest BCUT2D eigenvalue weighted by Crippen LogP contribution is -2.10. The molecule has 0 aliphatic rings. The van der Waals surface area contributed by atoms with Crippen molar-refractivity contribution < 1.29 is 18.7 Å². The van der Waals surface area contributed by atoms with Crippen molar-refractivity contribution in [1.82, 2.24) is 0 Å². The lowest BCUT2D eigenvalue weighted by molar-refractivity contribution is -0.129. The summed E-state index contributed by atoms with van der Waals surface area (Å²) >= 11 is 0. The summed E-state index contributed by atoms with van der Waals surface area (Å²) in [6.07, 6.45) is 2.67. The smallest absolute Gasteiger partial charge is 0.354 e. The van der Waals surface area contributed by atoms with Crippen LogP contribution in [-0.2, 0) is 4.79 Å². The van der Waals surface area contributed by atoms with Crippen LogP contribution in [0.5, 0.6) is 17.2 Å². The maximum absolute atomic E-state index is 12.9. The summed E-state index contributed by atoms with van der Waals surface area (Å²) in [6.45, 7) is 0. The van der Waals surface area contributed by atoms with Crippen LogP contribution in [0.2, 0.25) is 0 Å². The van der Waals surface area contributed by atoms with Crippen LogP contribution in [0.3, 0.4) is 0 Å². The molecule has 6 heteroatoms. The van der Waals surface area contributed by atoms with Gasteiger partial charge in [-0.05, 0) is 46.7 Å². The molecular formula is C29H17NO5. The Bertz CT molecular complexity index is 1690. The third-order valence-corrected chi connectivity index (χ3v) is 5.32. The van der Waals surface area contributed by atoms with Crippen molar-refractivity contribution in [3.05, 3.63) is 119 Å². The van der Waals surface area contributed by atoms with Gasteiger partial charge in [-0.25, -0.2) is 4.79 Å². The third-order valence-electron chi connectivity index (χ3n) is 5.32. The van der Waals surface area contributed by atoms with Crippen molar-refractivity contribution >= 4 is 33.8 Å². The summed E-state index contributed by atoms with van der Waals surface area (Å²) in [4.78, 5) is 25.4. The average molecular weight is 459 g/mol. The molecule has 0 bridgehead atoms. The monoisotopic (exact) mass is 459 g/mol. The van der Waals surface area contributed by atoms with Crippen molar-refractivity contribution in [2.24, 2.45) is 0 Å². The van der Waals surface area contributed by atoms with Gasteiger partial charge in [-0.15, -0.1) is 0 Å². The molecule has 0 spiro atoms. The molecule has 4 aromatic carbocycles. The van der Waals surface area contributed by atoms with Gasteiger partial charge in [0.05, 0.1) is 5.39 Å². The first-order chi connectivity index (χ1) is 17.1. The number of hydrogen-bond donors (Lipinski definition) is 0. The second-order valence-electron chi connectivity index (χ2n) is 7.67. The molecule has 0 aliphatic carbocycles. The standard InChI is InChI=1S/C29H17NO5/c30-17-22(14-19-6-2-1-3-7-19)29(32)35-24-12-13-25-26(16-24)33-18-27(28(25)31)34-23-11-10-20-8-4-5-9-21(20)15-23/h1-16,18H/b22-14+. The SMILES string of the molecule is N#C/C(=C\c1ccccc1)C(=O)Oc1ccc2c(=O)c(Oc3ccc4ccccc4c3)coc2c1. The Kier molecular flexibility index (Phi) is 5.81. The summed E-state index contributed by atoms with van der Waals surface area (Å²) in [5.41, 5.74) is 0.400. The number of benzene rings is 4. The van der Waals surface area contributed by atoms with Crippen LogP contribution in [0.4, 0.5) is 0 Å². The maximum atomic E-state index is 12.9. The fourth-order valence-corrected chi connectivity index (χ4v) is 3.60. The fraction of sp³-hybridized carbons (Fsp3) is 0. The second kappa shape index (κ2) is 9.38. The van der Waals surface area contributed by atoms with Gasteiger partial charge in [0.25, 0.3) is 0 Å². The lowest BCUT2D eigenvalue weighted by Gasteiger charge is -2.08. The molecule has 0 fully saturated rings. The van der Waals surface area contributed by atoms with Gasteiger partial charge < -0.3 is 13.9 Å². The number of carbonyl (C=O) groups excluding carboxylic acids is 1. The Balaban J connectivity index is 1.38. The Morgan fingerprint density at radius 3 is 2.40 bits per heavy atom. The zero-order valence-corrected chi connectivity index (χ0v) is 18.3. The molecule has 0 unspecified atom stereocenters. The molecule has 0 saturated heterocycles. The van der Waals surface area contributed by atoms with Crippen molar-refractivity contribution in [3.8, 4) is 23.3 Å². The molecule has 0 amide bonds. The van der Waals surface area contributed by atoms with Crippen LogP contribution >= 0.6 is 0 Å². The summed E-state index contributed by atoms with van der Waals surface area (Å²) in [7, 11) is 0. The highest BCUT2D eigenvalue weighted by Gasteiger charge is 2.15. The number of nitriles is 1. The number of nitrogens with zero attached hydrogens (tertiary/aromatic N) is 1. The van der Waals surface area contributed by atoms with Crippen LogP contribution in [0, 0.1) is 11.3 Å². The Hall–Kier alpha value is -5.15. The van der Waals surface area contributed by atoms with E-state index >= 15 is 0 Å². The van der Waals surface area contributed by atoms with Crippen molar-refractivity contribution in [3.63, 3.8) is 0 Å². The first-order valence-corrected chi connectivity index (χ1v) is 10.7. The molecule has 6 nitrogen and oxygen atoms in total. The Labute approximate surface area is 199 Å². The molecule has 0 radical (unpaired) electrons. The van der Waals surface area contributed by atoms with E-state index in [1.54, 1.807) is 30.3 Å². The first kappa shape index (κ1) is 21.7. The summed E-state index contributed by atoms with van der Waals surface area (Å²) in [5, 5.41) is 11.7. The lowest BCUT2D eigenvalue weighted by atomic mass is 10.1. The summed E-state index contributed by atoms with van der Waals surface area (Å²) < 4.78 is 16.7. The number of fused-ring (bicyclic) bond motifs is 2. The van der Waals surface area contributed by atoms with Crippen LogP contribution in [0.25, 0.3) is 27.8 Å². The largest absolute Gasteiger partial charge is 0.460 e. The van der Waals surface area contributed by atoms with Crippen molar-refractivity contribution in [1.29, 1.82) is 5.26 Å². The van der Waals surface area contributed by atoms with Crippen molar-refractivity contribution in [2.45, 2.75) is 0 Å². The van der Waals surface area contributed by atoms with Gasteiger partial charge in [0, 0.05) is 6.07 Å². The number of hydrogen-bond acceptors (Lipinski definition) is 6. The molecule has 0 atom stereocenters. The molecule has 0 N–H and O–H groups in total. The number of ether oxygens (including phenoxy) is 2. The predicted octanol–water partition coefficient (Wildman–Crippen LogP) is 6.25. The quantitative estimate of drug-likeness (QED) is 0.134. The molecule has 0 aliphatic heterocycles.